The van der Waals surface area contributed by atoms with Gasteiger partial charge < -0.3 is 21.4 Å². The third kappa shape index (κ3) is 3.82. The third-order valence-electron chi connectivity index (χ3n) is 4.08. The Labute approximate surface area is 149 Å². The molecule has 0 bridgehead atoms. The largest absolute Gasteiger partial charge is 0.383 e. The number of nitrogens with zero attached hydrogens (tertiary/aromatic N) is 2. The number of anilines is 2. The van der Waals surface area contributed by atoms with Gasteiger partial charge in [-0.2, -0.15) is 0 Å². The van der Waals surface area contributed by atoms with Crippen LogP contribution in [-0.2, 0) is 6.42 Å². The van der Waals surface area contributed by atoms with Gasteiger partial charge >= 0.3 is 6.03 Å². The van der Waals surface area contributed by atoms with Crippen molar-refractivity contribution in [3.8, 4) is 0 Å². The fourth-order valence-electron chi connectivity index (χ4n) is 2.79. The number of carbonyl (C=O) groups excluding carboxylic acids is 2. The quantitative estimate of drug-likeness (QED) is 0.606. The summed E-state index contributed by atoms with van der Waals surface area (Å²) < 4.78 is 0. The van der Waals surface area contributed by atoms with Crippen LogP contribution < -0.4 is 26.8 Å². The molecule has 2 aromatic rings. The van der Waals surface area contributed by atoms with E-state index in [4.69, 9.17) is 5.73 Å². The van der Waals surface area contributed by atoms with E-state index in [1.807, 2.05) is 13.0 Å². The first-order valence-corrected chi connectivity index (χ1v) is 8.24. The second-order valence-corrected chi connectivity index (χ2v) is 6.01. The molecule has 1 fully saturated rings. The number of benzene rings is 1. The van der Waals surface area contributed by atoms with Gasteiger partial charge in [0.1, 0.15) is 11.6 Å². The van der Waals surface area contributed by atoms with Crippen molar-refractivity contribution in [3.05, 3.63) is 51.6 Å². The van der Waals surface area contributed by atoms with Gasteiger partial charge in [0.25, 0.3) is 11.5 Å². The van der Waals surface area contributed by atoms with Crippen molar-refractivity contribution in [3.63, 3.8) is 0 Å². The van der Waals surface area contributed by atoms with E-state index in [9.17, 15) is 14.4 Å². The van der Waals surface area contributed by atoms with Crippen LogP contribution in [0.3, 0.4) is 0 Å². The number of aromatic nitrogens is 2. The lowest BCUT2D eigenvalue weighted by molar-refractivity contribution is 0.0954. The molecule has 0 spiro atoms. The second kappa shape index (κ2) is 7.26. The van der Waals surface area contributed by atoms with Crippen molar-refractivity contribution in [2.24, 2.45) is 0 Å². The maximum absolute atomic E-state index is 12.4. The summed E-state index contributed by atoms with van der Waals surface area (Å²) in [6, 6.07) is 6.26. The molecule has 26 heavy (non-hydrogen) atoms. The molecule has 1 saturated heterocycles. The molecule has 0 unspecified atom stereocenters. The number of hydrogen-bond acceptors (Lipinski definition) is 5. The van der Waals surface area contributed by atoms with Crippen LogP contribution in [0.15, 0.2) is 29.1 Å². The molecule has 2 heterocycles. The number of carbonyl (C=O) groups is 2. The summed E-state index contributed by atoms with van der Waals surface area (Å²) in [6.07, 6.45) is 0.346. The number of urea groups is 1. The van der Waals surface area contributed by atoms with Crippen molar-refractivity contribution in [2.75, 3.05) is 30.3 Å². The van der Waals surface area contributed by atoms with Gasteiger partial charge in [-0.05, 0) is 24.6 Å². The Bertz CT molecular complexity index is 908. The highest BCUT2D eigenvalue weighted by Crippen LogP contribution is 2.23. The molecule has 3 rings (SSSR count). The van der Waals surface area contributed by atoms with Crippen LogP contribution in [-0.4, -0.2) is 41.5 Å². The molecule has 5 N–H and O–H groups in total. The highest BCUT2D eigenvalue weighted by molar-refractivity contribution is 5.99. The summed E-state index contributed by atoms with van der Waals surface area (Å²) in [5.74, 6) is 0.285. The molecule has 1 aliphatic heterocycles. The fraction of sp³-hybridized carbons (Fsp3) is 0.294. The number of nitrogen functional groups attached to an aromatic ring is 1. The first-order valence-electron chi connectivity index (χ1n) is 8.24. The van der Waals surface area contributed by atoms with E-state index in [-0.39, 0.29) is 23.3 Å². The van der Waals surface area contributed by atoms with Crippen molar-refractivity contribution < 1.29 is 9.59 Å². The van der Waals surface area contributed by atoms with Crippen LogP contribution in [0, 0.1) is 6.92 Å². The standard InChI is InChI=1S/C17H20N6O3/c1-10-2-3-11(8-12(10)23-7-6-20-17(23)26)16(25)19-5-4-14-21-13(18)9-15(24)22-14/h2-3,8-9H,4-7H2,1H3,(H,19,25)(H,20,26)(H3,18,21,22,24). The van der Waals surface area contributed by atoms with Crippen LogP contribution in [0.4, 0.5) is 16.3 Å². The zero-order valence-electron chi connectivity index (χ0n) is 14.3. The molecule has 1 aromatic heterocycles. The summed E-state index contributed by atoms with van der Waals surface area (Å²) in [4.78, 5) is 43.8. The van der Waals surface area contributed by atoms with Gasteiger partial charge in [0, 0.05) is 43.4 Å². The van der Waals surface area contributed by atoms with Gasteiger partial charge in [0.15, 0.2) is 0 Å². The lowest BCUT2D eigenvalue weighted by Crippen LogP contribution is -2.30. The molecule has 9 nitrogen and oxygen atoms in total. The van der Waals surface area contributed by atoms with Crippen molar-refractivity contribution >= 4 is 23.4 Å². The van der Waals surface area contributed by atoms with Crippen LogP contribution in [0.2, 0.25) is 0 Å². The molecule has 0 aliphatic carbocycles. The lowest BCUT2D eigenvalue weighted by atomic mass is 10.1. The van der Waals surface area contributed by atoms with Crippen molar-refractivity contribution in [2.45, 2.75) is 13.3 Å². The first kappa shape index (κ1) is 17.5. The Balaban J connectivity index is 1.66. The molecule has 9 heteroatoms. The topological polar surface area (TPSA) is 133 Å². The van der Waals surface area contributed by atoms with Crippen LogP contribution in [0.5, 0.6) is 0 Å². The maximum Gasteiger partial charge on any atom is 0.322 e. The highest BCUT2D eigenvalue weighted by Gasteiger charge is 2.23. The SMILES string of the molecule is Cc1ccc(C(=O)NCCc2nc(N)cc(=O)[nH]2)cc1N1CCNC1=O. The van der Waals surface area contributed by atoms with Gasteiger partial charge in [0.2, 0.25) is 0 Å². The summed E-state index contributed by atoms with van der Waals surface area (Å²) in [6.45, 7) is 3.34. The lowest BCUT2D eigenvalue weighted by Gasteiger charge is -2.18. The minimum absolute atomic E-state index is 0.141. The average Bonchev–Trinajstić information content (AvgIpc) is 3.00. The molecule has 0 radical (unpaired) electrons. The Morgan fingerprint density at radius 3 is 2.85 bits per heavy atom. The van der Waals surface area contributed by atoms with Gasteiger partial charge in [-0.15, -0.1) is 0 Å². The van der Waals surface area contributed by atoms with E-state index >= 15 is 0 Å². The van der Waals surface area contributed by atoms with Gasteiger partial charge in [-0.25, -0.2) is 9.78 Å². The average molecular weight is 356 g/mol. The maximum atomic E-state index is 12.4. The number of hydrogen-bond donors (Lipinski definition) is 4. The Hall–Kier alpha value is -3.36. The predicted molar refractivity (Wildman–Crippen MR) is 97.2 cm³/mol. The molecular formula is C17H20N6O3. The zero-order chi connectivity index (χ0) is 18.7. The van der Waals surface area contributed by atoms with E-state index in [1.165, 1.54) is 6.07 Å². The number of nitrogens with one attached hydrogen (secondary N) is 3. The van der Waals surface area contributed by atoms with E-state index in [0.29, 0.717) is 37.4 Å². The Morgan fingerprint density at radius 2 is 2.15 bits per heavy atom. The van der Waals surface area contributed by atoms with Gasteiger partial charge in [-0.3, -0.25) is 14.5 Å². The van der Waals surface area contributed by atoms with E-state index < -0.39 is 0 Å². The first-order chi connectivity index (χ1) is 12.4. The molecule has 1 aromatic carbocycles. The van der Waals surface area contributed by atoms with E-state index in [2.05, 4.69) is 20.6 Å². The number of H-pyrrole nitrogens is 1. The number of aryl methyl sites for hydroxylation is 1. The summed E-state index contributed by atoms with van der Waals surface area (Å²) >= 11 is 0. The van der Waals surface area contributed by atoms with Crippen molar-refractivity contribution in [1.82, 2.24) is 20.6 Å². The number of nitrogens with two attached hydrogens (primary N) is 1. The molecular weight excluding hydrogens is 336 g/mol. The molecule has 136 valence electrons. The van der Waals surface area contributed by atoms with E-state index in [1.54, 1.807) is 17.0 Å². The molecule has 0 saturated carbocycles. The Kier molecular flexibility index (Phi) is 4.87. The third-order valence-corrected chi connectivity index (χ3v) is 4.08. The number of rotatable bonds is 5. The van der Waals surface area contributed by atoms with Crippen LogP contribution in [0.1, 0.15) is 21.7 Å². The predicted octanol–water partition coefficient (Wildman–Crippen LogP) is 0.163. The smallest absolute Gasteiger partial charge is 0.322 e. The van der Waals surface area contributed by atoms with Crippen LogP contribution >= 0.6 is 0 Å². The minimum atomic E-state index is -0.328. The summed E-state index contributed by atoms with van der Waals surface area (Å²) in [7, 11) is 0. The molecule has 3 amide bonds. The van der Waals surface area contributed by atoms with Crippen molar-refractivity contribution in [1.29, 1.82) is 0 Å². The fourth-order valence-corrected chi connectivity index (χ4v) is 2.79. The molecule has 1 aliphatic rings. The van der Waals surface area contributed by atoms with Gasteiger partial charge in [0.05, 0.1) is 0 Å². The van der Waals surface area contributed by atoms with Crippen LogP contribution in [0.25, 0.3) is 0 Å². The minimum Gasteiger partial charge on any atom is -0.383 e. The van der Waals surface area contributed by atoms with E-state index in [0.717, 1.165) is 11.3 Å². The summed E-state index contributed by atoms with van der Waals surface area (Å²) in [5.41, 5.74) is 7.29. The summed E-state index contributed by atoms with van der Waals surface area (Å²) in [5, 5.41) is 5.52. The number of amides is 3. The second-order valence-electron chi connectivity index (χ2n) is 6.01. The normalized spacial score (nSPS) is 13.6. The number of aromatic amines is 1. The zero-order valence-corrected chi connectivity index (χ0v) is 14.3. The van der Waals surface area contributed by atoms with Gasteiger partial charge in [-0.1, -0.05) is 6.07 Å². The molecule has 0 atom stereocenters. The monoisotopic (exact) mass is 356 g/mol. The highest BCUT2D eigenvalue weighted by atomic mass is 16.2. The Morgan fingerprint density at radius 1 is 1.35 bits per heavy atom.